The van der Waals surface area contributed by atoms with Crippen molar-refractivity contribution in [2.45, 2.75) is 57.1 Å². The molecule has 0 aliphatic heterocycles. The van der Waals surface area contributed by atoms with Crippen LogP contribution in [0.2, 0.25) is 4.22 Å². The molecule has 0 aromatic carbocycles. The Morgan fingerprint density at radius 1 is 1.17 bits per heavy atom. The summed E-state index contributed by atoms with van der Waals surface area (Å²) in [6.07, 6.45) is 6.75. The van der Waals surface area contributed by atoms with Crippen molar-refractivity contribution in [3.8, 4) is 0 Å². The Kier molecular flexibility index (Phi) is 10.8. The Morgan fingerprint density at radius 3 is 2.28 bits per heavy atom. The van der Waals surface area contributed by atoms with E-state index in [-0.39, 0.29) is 37.2 Å². The SMILES string of the molecule is CCC1=C(C)C(CC)C2=C1[CH]([Ti+3])CCC2.[Cl-].[Cl-].[Cl-]. The van der Waals surface area contributed by atoms with Crippen molar-refractivity contribution in [2.75, 3.05) is 0 Å². The van der Waals surface area contributed by atoms with E-state index in [1.165, 1.54) is 32.1 Å². The molecular weight excluding hydrogens is 322 g/mol. The van der Waals surface area contributed by atoms with Crippen molar-refractivity contribution in [1.82, 2.24) is 0 Å². The number of hydrogen-bond donors (Lipinski definition) is 0. The largest absolute Gasteiger partial charge is 1.00 e. The molecule has 0 heterocycles. The Balaban J connectivity index is 0. The van der Waals surface area contributed by atoms with Gasteiger partial charge in [0.1, 0.15) is 0 Å². The van der Waals surface area contributed by atoms with Gasteiger partial charge in [-0.25, -0.2) is 0 Å². The van der Waals surface area contributed by atoms with Gasteiger partial charge in [-0.05, 0) is 0 Å². The first-order chi connectivity index (χ1) is 7.20. The van der Waals surface area contributed by atoms with Crippen molar-refractivity contribution in [3.63, 3.8) is 0 Å². The molecule has 0 bridgehead atoms. The van der Waals surface area contributed by atoms with Gasteiger partial charge in [-0.1, -0.05) is 0 Å². The number of hydrogen-bond acceptors (Lipinski definition) is 0. The van der Waals surface area contributed by atoms with E-state index >= 15 is 0 Å². The van der Waals surface area contributed by atoms with Crippen LogP contribution in [0.5, 0.6) is 0 Å². The van der Waals surface area contributed by atoms with Crippen LogP contribution in [0.3, 0.4) is 0 Å². The average Bonchev–Trinajstić information content (AvgIpc) is 2.51. The third kappa shape index (κ3) is 3.58. The van der Waals surface area contributed by atoms with Gasteiger partial charge in [0.15, 0.2) is 0 Å². The molecule has 0 spiro atoms. The zero-order valence-corrected chi connectivity index (χ0v) is 15.2. The van der Waals surface area contributed by atoms with Gasteiger partial charge in [-0.2, -0.15) is 0 Å². The van der Waals surface area contributed by atoms with Crippen LogP contribution in [0.25, 0.3) is 0 Å². The second-order valence-electron chi connectivity index (χ2n) is 4.86. The van der Waals surface area contributed by atoms with Crippen molar-refractivity contribution in [2.24, 2.45) is 5.92 Å². The van der Waals surface area contributed by atoms with E-state index in [4.69, 9.17) is 0 Å². The van der Waals surface area contributed by atoms with E-state index in [1.807, 2.05) is 5.57 Å². The minimum absolute atomic E-state index is 0. The summed E-state index contributed by atoms with van der Waals surface area (Å²) in [6, 6.07) is 0. The van der Waals surface area contributed by atoms with Crippen molar-refractivity contribution < 1.29 is 57.7 Å². The maximum Gasteiger partial charge on any atom is -1.00 e. The van der Waals surface area contributed by atoms with Gasteiger partial charge in [-0.3, -0.25) is 0 Å². The molecule has 0 saturated carbocycles. The van der Waals surface area contributed by atoms with E-state index in [0.717, 1.165) is 10.1 Å². The van der Waals surface area contributed by atoms with Gasteiger partial charge in [0.05, 0.1) is 0 Å². The van der Waals surface area contributed by atoms with E-state index in [2.05, 4.69) is 41.2 Å². The molecule has 2 aliphatic rings. The summed E-state index contributed by atoms with van der Waals surface area (Å²) in [6.45, 7) is 7.04. The molecule has 0 fully saturated rings. The Labute approximate surface area is 142 Å². The van der Waals surface area contributed by atoms with E-state index in [1.54, 1.807) is 16.7 Å². The quantitative estimate of drug-likeness (QED) is 0.444. The average molecular weight is 344 g/mol. The van der Waals surface area contributed by atoms with Gasteiger partial charge in [0.2, 0.25) is 0 Å². The molecule has 0 saturated heterocycles. The molecule has 2 rings (SSSR count). The van der Waals surface area contributed by atoms with E-state index in [9.17, 15) is 0 Å². The third-order valence-corrected chi connectivity index (χ3v) is 5.04. The second-order valence-corrected chi connectivity index (χ2v) is 5.95. The van der Waals surface area contributed by atoms with Crippen LogP contribution in [-0.4, -0.2) is 0 Å². The normalized spacial score (nSPS) is 26.1. The minimum atomic E-state index is 0. The summed E-state index contributed by atoms with van der Waals surface area (Å²) in [5.74, 6) is 0.803. The Bertz CT molecular complexity index is 334. The Morgan fingerprint density at radius 2 is 1.78 bits per heavy atom. The van der Waals surface area contributed by atoms with Crippen molar-refractivity contribution in [1.29, 1.82) is 0 Å². The molecule has 2 aliphatic carbocycles. The number of rotatable bonds is 2. The molecule has 0 radical (unpaired) electrons. The number of halogens is 3. The van der Waals surface area contributed by atoms with Gasteiger partial charge >= 0.3 is 106 Å². The van der Waals surface area contributed by atoms with E-state index < -0.39 is 0 Å². The minimum Gasteiger partial charge on any atom is -1.00 e. The van der Waals surface area contributed by atoms with Crippen LogP contribution in [0.4, 0.5) is 0 Å². The topological polar surface area (TPSA) is 0 Å². The molecule has 0 aromatic rings. The molecule has 2 atom stereocenters. The fourth-order valence-corrected chi connectivity index (χ4v) is 4.35. The summed E-state index contributed by atoms with van der Waals surface area (Å²) in [4.78, 5) is 0. The molecule has 0 amide bonds. The summed E-state index contributed by atoms with van der Waals surface area (Å²) in [5.41, 5.74) is 6.99. The van der Waals surface area contributed by atoms with Crippen LogP contribution in [0.1, 0.15) is 52.9 Å². The van der Waals surface area contributed by atoms with Gasteiger partial charge in [-0.15, -0.1) is 0 Å². The predicted molar refractivity (Wildman–Crippen MR) is 61.4 cm³/mol. The first kappa shape index (κ1) is 21.4. The van der Waals surface area contributed by atoms with Crippen molar-refractivity contribution >= 4 is 0 Å². The molecular formula is C14H21Cl3Ti. The molecule has 102 valence electrons. The number of allylic oxidation sites excluding steroid dienone is 4. The van der Waals surface area contributed by atoms with Crippen LogP contribution in [-0.2, 0) is 20.4 Å². The molecule has 0 N–H and O–H groups in total. The van der Waals surface area contributed by atoms with Crippen LogP contribution in [0.15, 0.2) is 22.3 Å². The van der Waals surface area contributed by atoms with E-state index in [0.29, 0.717) is 0 Å². The predicted octanol–water partition coefficient (Wildman–Crippen LogP) is -4.42. The zero-order valence-electron chi connectivity index (χ0n) is 11.3. The molecule has 18 heavy (non-hydrogen) atoms. The first-order valence-corrected chi connectivity index (χ1v) is 7.24. The standard InChI is InChI=1S/C14H21.3ClH.Ti/c1-4-11-10(3)12(5-2)14-9-7-6-8-13(11)14;;;;/h8,12H,4-7,9H2,1-3H3;3*1H;/q;;;;+3/p-3. The molecule has 4 heteroatoms. The molecule has 0 nitrogen and oxygen atoms in total. The monoisotopic (exact) mass is 342 g/mol. The molecule has 2 unspecified atom stereocenters. The summed E-state index contributed by atoms with van der Waals surface area (Å²) < 4.78 is 0.829. The van der Waals surface area contributed by atoms with Gasteiger partial charge in [0, 0.05) is 0 Å². The first-order valence-electron chi connectivity index (χ1n) is 6.34. The maximum absolute atomic E-state index is 2.43. The summed E-state index contributed by atoms with van der Waals surface area (Å²) in [7, 11) is 0. The maximum atomic E-state index is 2.43. The zero-order chi connectivity index (χ0) is 11.0. The molecule has 0 aromatic heterocycles. The fourth-order valence-electron chi connectivity index (χ4n) is 3.47. The fraction of sp³-hybridized carbons (Fsp3) is 0.714. The van der Waals surface area contributed by atoms with Crippen LogP contribution < -0.4 is 37.2 Å². The van der Waals surface area contributed by atoms with Crippen LogP contribution >= 0.6 is 0 Å². The smallest absolute Gasteiger partial charge is 1.00 e. The van der Waals surface area contributed by atoms with Crippen LogP contribution in [0, 0.1) is 5.92 Å². The summed E-state index contributed by atoms with van der Waals surface area (Å²) in [5, 5.41) is 0. The third-order valence-electron chi connectivity index (χ3n) is 4.14. The van der Waals surface area contributed by atoms with Gasteiger partial charge < -0.3 is 37.2 Å². The Hall–Kier alpha value is 1.06. The van der Waals surface area contributed by atoms with Crippen molar-refractivity contribution in [3.05, 3.63) is 22.3 Å². The van der Waals surface area contributed by atoms with Gasteiger partial charge in [0.25, 0.3) is 0 Å². The summed E-state index contributed by atoms with van der Waals surface area (Å²) >= 11 is 2.43. The second kappa shape index (κ2) is 9.08.